The lowest BCUT2D eigenvalue weighted by Gasteiger charge is -2.18. The van der Waals surface area contributed by atoms with Crippen molar-refractivity contribution in [2.75, 3.05) is 13.2 Å². The van der Waals surface area contributed by atoms with Crippen LogP contribution < -0.4 is 14.8 Å². The Bertz CT molecular complexity index is 702. The van der Waals surface area contributed by atoms with Crippen LogP contribution in [0.15, 0.2) is 54.6 Å². The third-order valence-corrected chi connectivity index (χ3v) is 3.42. The lowest BCUT2D eigenvalue weighted by atomic mass is 10.0. The number of aliphatic carboxylic acids is 1. The molecular formula is C19H21NO5. The van der Waals surface area contributed by atoms with Crippen molar-refractivity contribution in [1.82, 2.24) is 5.32 Å². The highest BCUT2D eigenvalue weighted by molar-refractivity contribution is 5.79. The van der Waals surface area contributed by atoms with Crippen LogP contribution in [0.1, 0.15) is 24.9 Å². The van der Waals surface area contributed by atoms with E-state index in [2.05, 4.69) is 5.32 Å². The molecule has 0 fully saturated rings. The Morgan fingerprint density at radius 2 is 1.60 bits per heavy atom. The molecule has 0 aliphatic rings. The van der Waals surface area contributed by atoms with Crippen molar-refractivity contribution >= 4 is 11.9 Å². The zero-order chi connectivity index (χ0) is 18.1. The van der Waals surface area contributed by atoms with Gasteiger partial charge in [0.1, 0.15) is 0 Å². The first-order chi connectivity index (χ1) is 12.1. The van der Waals surface area contributed by atoms with Gasteiger partial charge in [0.05, 0.1) is 19.1 Å². The average molecular weight is 343 g/mol. The maximum absolute atomic E-state index is 12.2. The van der Waals surface area contributed by atoms with Crippen LogP contribution in [0.2, 0.25) is 0 Å². The van der Waals surface area contributed by atoms with E-state index < -0.39 is 17.9 Å². The highest BCUT2D eigenvalue weighted by Crippen LogP contribution is 2.26. The number of carboxylic acids is 1. The molecule has 1 amide bonds. The smallest absolute Gasteiger partial charge is 0.305 e. The van der Waals surface area contributed by atoms with Crippen LogP contribution >= 0.6 is 0 Å². The van der Waals surface area contributed by atoms with Gasteiger partial charge in [-0.2, -0.15) is 0 Å². The number of hydrogen-bond donors (Lipinski definition) is 2. The monoisotopic (exact) mass is 343 g/mol. The molecule has 0 bridgehead atoms. The molecule has 0 spiro atoms. The second-order valence-electron chi connectivity index (χ2n) is 5.30. The van der Waals surface area contributed by atoms with Gasteiger partial charge in [-0.15, -0.1) is 0 Å². The van der Waals surface area contributed by atoms with Gasteiger partial charge in [-0.05, 0) is 24.6 Å². The van der Waals surface area contributed by atoms with Gasteiger partial charge in [-0.1, -0.05) is 42.5 Å². The molecule has 2 rings (SSSR count). The largest absolute Gasteiger partial charge is 0.490 e. The molecule has 0 aliphatic carbocycles. The molecule has 2 aromatic rings. The van der Waals surface area contributed by atoms with Gasteiger partial charge >= 0.3 is 5.97 Å². The molecule has 25 heavy (non-hydrogen) atoms. The van der Waals surface area contributed by atoms with E-state index in [0.717, 1.165) is 5.56 Å². The van der Waals surface area contributed by atoms with Crippen LogP contribution in [-0.2, 0) is 9.59 Å². The van der Waals surface area contributed by atoms with E-state index in [1.165, 1.54) is 0 Å². The van der Waals surface area contributed by atoms with E-state index in [9.17, 15) is 9.59 Å². The van der Waals surface area contributed by atoms with E-state index >= 15 is 0 Å². The van der Waals surface area contributed by atoms with Crippen LogP contribution in [-0.4, -0.2) is 30.2 Å². The maximum atomic E-state index is 12.2. The minimum Gasteiger partial charge on any atom is -0.490 e. The number of carbonyl (C=O) groups excluding carboxylic acids is 1. The third-order valence-electron chi connectivity index (χ3n) is 3.42. The lowest BCUT2D eigenvalue weighted by molar-refractivity contribution is -0.137. The predicted molar refractivity (Wildman–Crippen MR) is 92.7 cm³/mol. The van der Waals surface area contributed by atoms with Gasteiger partial charge in [-0.3, -0.25) is 9.59 Å². The fraction of sp³-hybridized carbons (Fsp3) is 0.263. The molecule has 0 radical (unpaired) electrons. The van der Waals surface area contributed by atoms with Crippen LogP contribution in [0.3, 0.4) is 0 Å². The fourth-order valence-corrected chi connectivity index (χ4v) is 2.34. The Kier molecular flexibility index (Phi) is 6.83. The van der Waals surface area contributed by atoms with Gasteiger partial charge < -0.3 is 19.9 Å². The van der Waals surface area contributed by atoms with E-state index in [-0.39, 0.29) is 13.0 Å². The van der Waals surface area contributed by atoms with Gasteiger partial charge in [0, 0.05) is 0 Å². The Morgan fingerprint density at radius 1 is 1.00 bits per heavy atom. The molecule has 0 unspecified atom stereocenters. The van der Waals surface area contributed by atoms with Crippen molar-refractivity contribution in [3.05, 3.63) is 60.2 Å². The molecule has 2 N–H and O–H groups in total. The molecule has 0 saturated heterocycles. The SMILES string of the molecule is CCOc1ccccc1OCC(=O)N[C@@H](CC(=O)O)c1ccccc1. The quantitative estimate of drug-likeness (QED) is 0.731. The van der Waals surface area contributed by atoms with E-state index in [1.807, 2.05) is 19.1 Å². The van der Waals surface area contributed by atoms with Crippen molar-refractivity contribution in [3.63, 3.8) is 0 Å². The second kappa shape index (κ2) is 9.32. The van der Waals surface area contributed by atoms with Crippen LogP contribution in [0.5, 0.6) is 11.5 Å². The van der Waals surface area contributed by atoms with Crippen LogP contribution in [0, 0.1) is 0 Å². The van der Waals surface area contributed by atoms with E-state index in [4.69, 9.17) is 14.6 Å². The summed E-state index contributed by atoms with van der Waals surface area (Å²) in [5, 5.41) is 11.8. The molecule has 1 atom stereocenters. The summed E-state index contributed by atoms with van der Waals surface area (Å²) in [6.45, 7) is 2.12. The standard InChI is InChI=1S/C19H21NO5/c1-2-24-16-10-6-7-11-17(16)25-13-18(21)20-15(12-19(22)23)14-8-4-3-5-9-14/h3-11,15H,2,12-13H2,1H3,(H,20,21)(H,22,23)/t15-/m0/s1. The number of benzene rings is 2. The molecule has 132 valence electrons. The summed E-state index contributed by atoms with van der Waals surface area (Å²) in [5.74, 6) is -0.366. The molecule has 0 aromatic heterocycles. The van der Waals surface area contributed by atoms with Crippen LogP contribution in [0.4, 0.5) is 0 Å². The van der Waals surface area contributed by atoms with Gasteiger partial charge in [0.2, 0.25) is 0 Å². The van der Waals surface area contributed by atoms with E-state index in [1.54, 1.807) is 42.5 Å². The highest BCUT2D eigenvalue weighted by Gasteiger charge is 2.18. The summed E-state index contributed by atoms with van der Waals surface area (Å²) in [5.41, 5.74) is 0.730. The summed E-state index contributed by atoms with van der Waals surface area (Å²) in [7, 11) is 0. The highest BCUT2D eigenvalue weighted by atomic mass is 16.5. The number of carboxylic acid groups (broad SMARTS) is 1. The molecule has 0 saturated carbocycles. The van der Waals surface area contributed by atoms with Gasteiger partial charge in [0.25, 0.3) is 5.91 Å². The summed E-state index contributed by atoms with van der Waals surface area (Å²) in [4.78, 5) is 23.2. The first-order valence-electron chi connectivity index (χ1n) is 8.01. The summed E-state index contributed by atoms with van der Waals surface area (Å²) < 4.78 is 10.9. The summed E-state index contributed by atoms with van der Waals surface area (Å²) in [6, 6.07) is 15.4. The Balaban J connectivity index is 1.98. The Labute approximate surface area is 146 Å². The fourth-order valence-electron chi connectivity index (χ4n) is 2.34. The van der Waals surface area contributed by atoms with Gasteiger partial charge in [0.15, 0.2) is 18.1 Å². The Hall–Kier alpha value is -3.02. The Morgan fingerprint density at radius 3 is 2.20 bits per heavy atom. The van der Waals surface area contributed by atoms with E-state index in [0.29, 0.717) is 18.1 Å². The first-order valence-corrected chi connectivity index (χ1v) is 8.01. The minimum absolute atomic E-state index is 0.203. The predicted octanol–water partition coefficient (Wildman–Crippen LogP) is 2.80. The van der Waals surface area contributed by atoms with Crippen molar-refractivity contribution in [2.45, 2.75) is 19.4 Å². The number of nitrogens with one attached hydrogen (secondary N) is 1. The lowest BCUT2D eigenvalue weighted by Crippen LogP contribution is -2.33. The first kappa shape index (κ1) is 18.3. The van der Waals surface area contributed by atoms with Gasteiger partial charge in [-0.25, -0.2) is 0 Å². The van der Waals surface area contributed by atoms with Crippen LogP contribution in [0.25, 0.3) is 0 Å². The zero-order valence-electron chi connectivity index (χ0n) is 14.0. The number of ether oxygens (including phenoxy) is 2. The average Bonchev–Trinajstić information content (AvgIpc) is 2.61. The second-order valence-corrected chi connectivity index (χ2v) is 5.30. The maximum Gasteiger partial charge on any atom is 0.305 e. The molecule has 2 aromatic carbocycles. The molecule has 0 aliphatic heterocycles. The van der Waals surface area contributed by atoms with Crippen molar-refractivity contribution in [1.29, 1.82) is 0 Å². The topological polar surface area (TPSA) is 84.9 Å². The number of para-hydroxylation sites is 2. The molecule has 0 heterocycles. The normalized spacial score (nSPS) is 11.4. The minimum atomic E-state index is -0.989. The molecular weight excluding hydrogens is 322 g/mol. The summed E-state index contributed by atoms with van der Waals surface area (Å²) in [6.07, 6.45) is -0.203. The van der Waals surface area contributed by atoms with Crippen molar-refractivity contribution in [3.8, 4) is 11.5 Å². The number of carbonyl (C=O) groups is 2. The zero-order valence-corrected chi connectivity index (χ0v) is 14.0. The van der Waals surface area contributed by atoms with Crippen molar-refractivity contribution in [2.24, 2.45) is 0 Å². The summed E-state index contributed by atoms with van der Waals surface area (Å²) >= 11 is 0. The number of amides is 1. The number of rotatable bonds is 9. The molecule has 6 nitrogen and oxygen atoms in total. The molecule has 6 heteroatoms. The number of hydrogen-bond acceptors (Lipinski definition) is 4. The third kappa shape index (κ3) is 5.84. The van der Waals surface area contributed by atoms with Crippen molar-refractivity contribution < 1.29 is 24.2 Å².